The topological polar surface area (TPSA) is 86.9 Å². The number of nitrogen functional groups attached to an aromatic ring is 1. The summed E-state index contributed by atoms with van der Waals surface area (Å²) in [7, 11) is 0. The van der Waals surface area contributed by atoms with Crippen LogP contribution in [-0.4, -0.2) is 15.7 Å². The van der Waals surface area contributed by atoms with Crippen LogP contribution in [0, 0.1) is 0 Å². The van der Waals surface area contributed by atoms with Crippen molar-refractivity contribution in [1.29, 1.82) is 0 Å². The summed E-state index contributed by atoms with van der Waals surface area (Å²) in [5.41, 5.74) is 15.2. The zero-order chi connectivity index (χ0) is 16.4. The molecule has 0 unspecified atom stereocenters. The summed E-state index contributed by atoms with van der Waals surface area (Å²) >= 11 is 0. The lowest BCUT2D eigenvalue weighted by atomic mass is 10.1. The van der Waals surface area contributed by atoms with Gasteiger partial charge in [-0.15, -0.1) is 0 Å². The molecule has 0 saturated heterocycles. The molecule has 5 nitrogen and oxygen atoms in total. The molecular weight excluding hydrogens is 288 g/mol. The van der Waals surface area contributed by atoms with Gasteiger partial charge in [-0.05, 0) is 35.7 Å². The van der Waals surface area contributed by atoms with Crippen molar-refractivity contribution in [2.45, 2.75) is 26.3 Å². The van der Waals surface area contributed by atoms with Crippen molar-refractivity contribution in [2.24, 2.45) is 5.73 Å². The lowest BCUT2D eigenvalue weighted by Gasteiger charge is -2.06. The molecule has 0 fully saturated rings. The fourth-order valence-corrected chi connectivity index (χ4v) is 2.93. The minimum atomic E-state index is -0.429. The number of nitrogens with two attached hydrogens (primary N) is 2. The minimum absolute atomic E-state index is 0.429. The molecule has 118 valence electrons. The SMILES string of the molecule is CCCc1cccc2c1c(N)nn2Cc1cccc(C(N)=O)c1. The molecule has 0 saturated carbocycles. The molecule has 1 amide bonds. The summed E-state index contributed by atoms with van der Waals surface area (Å²) in [5, 5.41) is 5.51. The van der Waals surface area contributed by atoms with E-state index < -0.39 is 5.91 Å². The first kappa shape index (κ1) is 15.1. The van der Waals surface area contributed by atoms with Crippen LogP contribution in [0.3, 0.4) is 0 Å². The van der Waals surface area contributed by atoms with E-state index in [1.807, 2.05) is 28.9 Å². The maximum Gasteiger partial charge on any atom is 0.248 e. The van der Waals surface area contributed by atoms with E-state index in [2.05, 4.69) is 18.1 Å². The van der Waals surface area contributed by atoms with Crippen LogP contribution in [0.4, 0.5) is 5.82 Å². The molecule has 0 aliphatic rings. The number of nitrogens with zero attached hydrogens (tertiary/aromatic N) is 2. The number of hydrogen-bond acceptors (Lipinski definition) is 3. The quantitative estimate of drug-likeness (QED) is 0.759. The Kier molecular flexibility index (Phi) is 4.02. The number of carbonyl (C=O) groups excluding carboxylic acids is 1. The van der Waals surface area contributed by atoms with Gasteiger partial charge < -0.3 is 11.5 Å². The normalized spacial score (nSPS) is 11.0. The molecule has 3 aromatic rings. The second-order valence-corrected chi connectivity index (χ2v) is 5.67. The first-order valence-corrected chi connectivity index (χ1v) is 7.72. The second kappa shape index (κ2) is 6.12. The van der Waals surface area contributed by atoms with Crippen molar-refractivity contribution in [2.75, 3.05) is 5.73 Å². The van der Waals surface area contributed by atoms with E-state index in [4.69, 9.17) is 11.5 Å². The van der Waals surface area contributed by atoms with Crippen LogP contribution >= 0.6 is 0 Å². The van der Waals surface area contributed by atoms with Crippen LogP contribution in [-0.2, 0) is 13.0 Å². The monoisotopic (exact) mass is 308 g/mol. The molecular formula is C18H20N4O. The Labute approximate surface area is 134 Å². The maximum atomic E-state index is 11.3. The number of fused-ring (bicyclic) bond motifs is 1. The van der Waals surface area contributed by atoms with E-state index in [-0.39, 0.29) is 0 Å². The molecule has 0 bridgehead atoms. The van der Waals surface area contributed by atoms with Crippen molar-refractivity contribution in [1.82, 2.24) is 9.78 Å². The summed E-state index contributed by atoms with van der Waals surface area (Å²) in [4.78, 5) is 11.3. The number of anilines is 1. The number of primary amides is 1. The van der Waals surface area contributed by atoms with Gasteiger partial charge in [-0.1, -0.05) is 37.6 Å². The highest BCUT2D eigenvalue weighted by Gasteiger charge is 2.12. The predicted molar refractivity (Wildman–Crippen MR) is 92.2 cm³/mol. The van der Waals surface area contributed by atoms with Gasteiger partial charge in [0.25, 0.3) is 0 Å². The molecule has 5 heteroatoms. The van der Waals surface area contributed by atoms with Crippen molar-refractivity contribution in [3.8, 4) is 0 Å². The molecule has 23 heavy (non-hydrogen) atoms. The molecule has 1 heterocycles. The van der Waals surface area contributed by atoms with Crippen LogP contribution in [0.5, 0.6) is 0 Å². The Morgan fingerprint density at radius 1 is 1.22 bits per heavy atom. The summed E-state index contributed by atoms with van der Waals surface area (Å²) in [5.74, 6) is 0.122. The van der Waals surface area contributed by atoms with E-state index in [0.29, 0.717) is 17.9 Å². The van der Waals surface area contributed by atoms with Gasteiger partial charge in [0.15, 0.2) is 5.82 Å². The Bertz CT molecular complexity index is 867. The fraction of sp³-hybridized carbons (Fsp3) is 0.222. The zero-order valence-electron chi connectivity index (χ0n) is 13.1. The van der Waals surface area contributed by atoms with Crippen molar-refractivity contribution < 1.29 is 4.79 Å². The Morgan fingerprint density at radius 3 is 2.74 bits per heavy atom. The average molecular weight is 308 g/mol. The first-order chi connectivity index (χ1) is 11.1. The molecule has 0 atom stereocenters. The van der Waals surface area contributed by atoms with Crippen LogP contribution < -0.4 is 11.5 Å². The molecule has 0 aliphatic heterocycles. The van der Waals surface area contributed by atoms with E-state index in [1.165, 1.54) is 5.56 Å². The van der Waals surface area contributed by atoms with Gasteiger partial charge in [0.1, 0.15) is 0 Å². The average Bonchev–Trinajstić information content (AvgIpc) is 2.85. The highest BCUT2D eigenvalue weighted by molar-refractivity contribution is 5.93. The number of benzene rings is 2. The molecule has 4 N–H and O–H groups in total. The summed E-state index contributed by atoms with van der Waals surface area (Å²) in [6, 6.07) is 13.4. The highest BCUT2D eigenvalue weighted by atomic mass is 16.1. The van der Waals surface area contributed by atoms with Gasteiger partial charge >= 0.3 is 0 Å². The molecule has 0 aliphatic carbocycles. The van der Waals surface area contributed by atoms with Crippen molar-refractivity contribution in [3.05, 3.63) is 59.2 Å². The predicted octanol–water partition coefficient (Wildman–Crippen LogP) is 2.72. The van der Waals surface area contributed by atoms with Gasteiger partial charge in [-0.2, -0.15) is 5.10 Å². The van der Waals surface area contributed by atoms with Gasteiger partial charge in [0.05, 0.1) is 12.1 Å². The third-order valence-electron chi connectivity index (χ3n) is 3.95. The molecule has 0 spiro atoms. The third kappa shape index (κ3) is 2.90. The van der Waals surface area contributed by atoms with Crippen molar-refractivity contribution >= 4 is 22.6 Å². The lowest BCUT2D eigenvalue weighted by molar-refractivity contribution is 0.1000. The van der Waals surface area contributed by atoms with Crippen LogP contribution in [0.25, 0.3) is 10.9 Å². The van der Waals surface area contributed by atoms with E-state index in [0.717, 1.165) is 29.3 Å². The van der Waals surface area contributed by atoms with Gasteiger partial charge in [-0.25, -0.2) is 0 Å². The van der Waals surface area contributed by atoms with Crippen LogP contribution in [0.15, 0.2) is 42.5 Å². The molecule has 2 aromatic carbocycles. The summed E-state index contributed by atoms with van der Waals surface area (Å²) in [6.07, 6.45) is 2.04. The zero-order valence-corrected chi connectivity index (χ0v) is 13.1. The van der Waals surface area contributed by atoms with Gasteiger partial charge in [-0.3, -0.25) is 9.48 Å². The summed E-state index contributed by atoms with van der Waals surface area (Å²) < 4.78 is 1.88. The maximum absolute atomic E-state index is 11.3. The van der Waals surface area contributed by atoms with Gasteiger partial charge in [0.2, 0.25) is 5.91 Å². The first-order valence-electron chi connectivity index (χ1n) is 7.72. The number of rotatable bonds is 5. The van der Waals surface area contributed by atoms with Crippen LogP contribution in [0.1, 0.15) is 34.8 Å². The van der Waals surface area contributed by atoms with Crippen molar-refractivity contribution in [3.63, 3.8) is 0 Å². The number of aryl methyl sites for hydroxylation is 1. The Balaban J connectivity index is 2.02. The van der Waals surface area contributed by atoms with Gasteiger partial charge in [0, 0.05) is 10.9 Å². The Morgan fingerprint density at radius 2 is 2.00 bits per heavy atom. The standard InChI is InChI=1S/C18H20N4O/c1-2-5-13-7-4-9-15-16(13)17(19)21-22(15)11-12-6-3-8-14(10-12)18(20)23/h3-4,6-10H,2,5,11H2,1H3,(H2,19,21)(H2,20,23). The number of carbonyl (C=O) groups is 1. The number of hydrogen-bond donors (Lipinski definition) is 2. The Hall–Kier alpha value is -2.82. The smallest absolute Gasteiger partial charge is 0.248 e. The van der Waals surface area contributed by atoms with E-state index in [1.54, 1.807) is 12.1 Å². The minimum Gasteiger partial charge on any atom is -0.382 e. The highest BCUT2D eigenvalue weighted by Crippen LogP contribution is 2.26. The molecule has 0 radical (unpaired) electrons. The summed E-state index contributed by atoms with van der Waals surface area (Å²) in [6.45, 7) is 2.69. The lowest BCUT2D eigenvalue weighted by Crippen LogP contribution is -2.11. The number of aromatic nitrogens is 2. The molecule has 1 aromatic heterocycles. The fourth-order valence-electron chi connectivity index (χ4n) is 2.93. The number of amides is 1. The largest absolute Gasteiger partial charge is 0.382 e. The molecule has 3 rings (SSSR count). The van der Waals surface area contributed by atoms with E-state index in [9.17, 15) is 4.79 Å². The van der Waals surface area contributed by atoms with Crippen LogP contribution in [0.2, 0.25) is 0 Å². The van der Waals surface area contributed by atoms with E-state index >= 15 is 0 Å². The second-order valence-electron chi connectivity index (χ2n) is 5.67. The third-order valence-corrected chi connectivity index (χ3v) is 3.95.